The van der Waals surface area contributed by atoms with Gasteiger partial charge in [0.25, 0.3) is 0 Å². The molecule has 0 heterocycles. The lowest BCUT2D eigenvalue weighted by Crippen LogP contribution is -2.20. The first kappa shape index (κ1) is 3.11. The molecule has 3 fully saturated rings. The van der Waals surface area contributed by atoms with Crippen LogP contribution in [-0.2, 0) is 0 Å². The molecule has 0 aliphatic heterocycles. The van der Waals surface area contributed by atoms with Crippen molar-refractivity contribution < 1.29 is 0 Å². The highest BCUT2D eigenvalue weighted by Crippen LogP contribution is 3.14. The largest absolute Gasteiger partial charge is 0.0588 e. The lowest BCUT2D eigenvalue weighted by atomic mass is 9.76. The van der Waals surface area contributed by atoms with Gasteiger partial charge in [-0.15, -0.1) is 0 Å². The molecule has 3 aliphatic carbocycles. The van der Waals surface area contributed by atoms with Crippen molar-refractivity contribution in [3.05, 3.63) is 0 Å². The number of rotatable bonds is 0. The van der Waals surface area contributed by atoms with E-state index in [-0.39, 0.29) is 0 Å². The van der Waals surface area contributed by atoms with Crippen LogP contribution in [0.3, 0.4) is 0 Å². The van der Waals surface area contributed by atoms with Gasteiger partial charge in [0, 0.05) is 0 Å². The predicted molar refractivity (Wildman–Crippen MR) is 27.9 cm³/mol. The van der Waals surface area contributed by atoms with Crippen LogP contribution in [0.15, 0.2) is 0 Å². The molecule has 0 nitrogen and oxygen atoms in total. The van der Waals surface area contributed by atoms with E-state index in [1.54, 1.807) is 12.8 Å². The maximum atomic E-state index is 2.42. The Bertz CT molecular complexity index is 132. The lowest BCUT2D eigenvalue weighted by molar-refractivity contribution is 0.211. The van der Waals surface area contributed by atoms with Crippen LogP contribution in [0.4, 0.5) is 0 Å². The summed E-state index contributed by atoms with van der Waals surface area (Å²) in [5, 5.41) is 0. The lowest BCUT2D eigenvalue weighted by Gasteiger charge is -2.28. The van der Waals surface area contributed by atoms with E-state index in [1.165, 1.54) is 0 Å². The normalized spacial score (nSPS) is 76.3. The van der Waals surface area contributed by atoms with Gasteiger partial charge in [0.15, 0.2) is 0 Å². The summed E-state index contributed by atoms with van der Waals surface area (Å²) in [6.45, 7) is 4.83. The quantitative estimate of drug-likeness (QED) is 0.429. The first-order chi connectivity index (χ1) is 3.16. The van der Waals surface area contributed by atoms with Crippen LogP contribution < -0.4 is 0 Å². The Labute approximate surface area is 43.9 Å². The summed E-state index contributed by atoms with van der Waals surface area (Å²) >= 11 is 0. The van der Waals surface area contributed by atoms with Crippen LogP contribution in [-0.4, -0.2) is 0 Å². The van der Waals surface area contributed by atoms with E-state index in [0.29, 0.717) is 0 Å². The van der Waals surface area contributed by atoms with E-state index >= 15 is 0 Å². The average Bonchev–Trinajstić information content (AvgIpc) is 2.11. The highest BCUT2D eigenvalue weighted by Gasteiger charge is 3.08. The van der Waals surface area contributed by atoms with E-state index in [9.17, 15) is 0 Å². The molecule has 3 rings (SSSR count). The molecule has 0 unspecified atom stereocenters. The van der Waals surface area contributed by atoms with Crippen LogP contribution in [0.5, 0.6) is 0 Å². The Morgan fingerprint density at radius 2 is 1.29 bits per heavy atom. The van der Waals surface area contributed by atoms with Crippen LogP contribution in [0.1, 0.15) is 26.7 Å². The Kier molecular flexibility index (Phi) is 0.167. The van der Waals surface area contributed by atoms with E-state index in [4.69, 9.17) is 0 Å². The molecule has 0 saturated heterocycles. The fourth-order valence-corrected chi connectivity index (χ4v) is 2.82. The Morgan fingerprint density at radius 3 is 1.29 bits per heavy atom. The summed E-state index contributed by atoms with van der Waals surface area (Å²) in [6.07, 6.45) is 3.18. The zero-order valence-electron chi connectivity index (χ0n) is 4.91. The highest BCUT2D eigenvalue weighted by atomic mass is 15.1. The average molecular weight is 94.2 g/mol. The van der Waals surface area contributed by atoms with Crippen LogP contribution >= 0.6 is 0 Å². The molecule has 0 aromatic carbocycles. The molecular weight excluding hydrogens is 84.1 g/mol. The standard InChI is InChI=1S/C7H10/c1-5(2)6-3-7(5,6)4-6/h3-4H2,1-2H3. The monoisotopic (exact) mass is 94.1 g/mol. The summed E-state index contributed by atoms with van der Waals surface area (Å²) in [5.74, 6) is 0. The zero-order chi connectivity index (χ0) is 4.91. The van der Waals surface area contributed by atoms with Gasteiger partial charge in [-0.1, -0.05) is 13.8 Å². The minimum atomic E-state index is 0.819. The van der Waals surface area contributed by atoms with E-state index < -0.39 is 0 Å². The van der Waals surface area contributed by atoms with E-state index in [2.05, 4.69) is 13.8 Å². The molecule has 0 bridgehead atoms. The highest BCUT2D eigenvalue weighted by molar-refractivity contribution is 5.56. The predicted octanol–water partition coefficient (Wildman–Crippen LogP) is 1.81. The molecule has 0 N–H and O–H groups in total. The fraction of sp³-hybridized carbons (Fsp3) is 1.00. The summed E-state index contributed by atoms with van der Waals surface area (Å²) in [6, 6.07) is 0. The molecule has 3 saturated carbocycles. The van der Waals surface area contributed by atoms with Gasteiger partial charge in [-0.3, -0.25) is 0 Å². The zero-order valence-corrected chi connectivity index (χ0v) is 4.91. The van der Waals surface area contributed by atoms with Crippen LogP contribution in [0.25, 0.3) is 0 Å². The molecule has 0 amide bonds. The molecular formula is C7H10. The summed E-state index contributed by atoms with van der Waals surface area (Å²) in [7, 11) is 0. The van der Waals surface area contributed by atoms with Crippen LogP contribution in [0, 0.1) is 16.2 Å². The second kappa shape index (κ2) is 0.375. The SMILES string of the molecule is CC1(C)C23CC12C3. The van der Waals surface area contributed by atoms with Crippen molar-refractivity contribution in [2.24, 2.45) is 16.2 Å². The van der Waals surface area contributed by atoms with E-state index in [1.807, 2.05) is 0 Å². The molecule has 7 heavy (non-hydrogen) atoms. The molecule has 38 valence electrons. The Morgan fingerprint density at radius 1 is 1.00 bits per heavy atom. The molecule has 0 heteroatoms. The van der Waals surface area contributed by atoms with Crippen molar-refractivity contribution in [1.29, 1.82) is 0 Å². The number of hydrogen-bond acceptors (Lipinski definition) is 0. The maximum absolute atomic E-state index is 2.42. The molecule has 0 radical (unpaired) electrons. The molecule has 3 aliphatic rings. The van der Waals surface area contributed by atoms with Crippen molar-refractivity contribution in [3.8, 4) is 0 Å². The van der Waals surface area contributed by atoms with Gasteiger partial charge in [0.1, 0.15) is 0 Å². The number of hydrogen-bond donors (Lipinski definition) is 0. The third-order valence-corrected chi connectivity index (χ3v) is 4.20. The Balaban J connectivity index is 2.20. The van der Waals surface area contributed by atoms with E-state index in [0.717, 1.165) is 16.2 Å². The fourth-order valence-electron chi connectivity index (χ4n) is 2.82. The molecule has 0 atom stereocenters. The first-order valence-electron chi connectivity index (χ1n) is 3.16. The molecule has 0 aromatic rings. The van der Waals surface area contributed by atoms with Crippen molar-refractivity contribution in [3.63, 3.8) is 0 Å². The first-order valence-corrected chi connectivity index (χ1v) is 3.16. The Hall–Kier alpha value is 0. The minimum Gasteiger partial charge on any atom is -0.0588 e. The summed E-state index contributed by atoms with van der Waals surface area (Å²) in [4.78, 5) is 0. The van der Waals surface area contributed by atoms with Crippen LogP contribution in [0.2, 0.25) is 0 Å². The third kappa shape index (κ3) is 0.0882. The molecule has 0 aromatic heterocycles. The van der Waals surface area contributed by atoms with Gasteiger partial charge >= 0.3 is 0 Å². The summed E-state index contributed by atoms with van der Waals surface area (Å²) < 4.78 is 0. The van der Waals surface area contributed by atoms with Gasteiger partial charge in [0.05, 0.1) is 0 Å². The third-order valence-electron chi connectivity index (χ3n) is 4.20. The second-order valence-electron chi connectivity index (χ2n) is 4.14. The van der Waals surface area contributed by atoms with Crippen molar-refractivity contribution >= 4 is 0 Å². The van der Waals surface area contributed by atoms with Gasteiger partial charge in [-0.25, -0.2) is 0 Å². The minimum absolute atomic E-state index is 0.819. The molecule has 0 spiro atoms. The van der Waals surface area contributed by atoms with Crippen molar-refractivity contribution in [2.75, 3.05) is 0 Å². The maximum Gasteiger partial charge on any atom is -0.0167 e. The van der Waals surface area contributed by atoms with Gasteiger partial charge < -0.3 is 0 Å². The summed E-state index contributed by atoms with van der Waals surface area (Å²) in [5.41, 5.74) is 2.74. The smallest absolute Gasteiger partial charge is 0.0167 e. The van der Waals surface area contributed by atoms with Gasteiger partial charge in [-0.05, 0) is 29.1 Å². The van der Waals surface area contributed by atoms with Crippen molar-refractivity contribution in [1.82, 2.24) is 0 Å². The van der Waals surface area contributed by atoms with Gasteiger partial charge in [0.2, 0.25) is 0 Å². The second-order valence-corrected chi connectivity index (χ2v) is 4.14. The van der Waals surface area contributed by atoms with Crippen molar-refractivity contribution in [2.45, 2.75) is 26.7 Å². The van der Waals surface area contributed by atoms with Gasteiger partial charge in [-0.2, -0.15) is 0 Å². The topological polar surface area (TPSA) is 0 Å².